The van der Waals surface area contributed by atoms with Crippen molar-refractivity contribution >= 4 is 15.9 Å². The Morgan fingerprint density at radius 2 is 1.95 bits per heavy atom. The zero-order chi connectivity index (χ0) is 14.6. The highest BCUT2D eigenvalue weighted by Gasteiger charge is 2.46. The molecule has 6 nitrogen and oxygen atoms in total. The van der Waals surface area contributed by atoms with E-state index in [1.54, 1.807) is 23.0 Å². The van der Waals surface area contributed by atoms with Gasteiger partial charge in [0, 0.05) is 24.5 Å². The fourth-order valence-corrected chi connectivity index (χ4v) is 3.71. The molecule has 21 heavy (non-hydrogen) atoms. The van der Waals surface area contributed by atoms with Gasteiger partial charge in [-0.25, -0.2) is 0 Å². The first-order chi connectivity index (χ1) is 10.1. The van der Waals surface area contributed by atoms with E-state index < -0.39 is 11.1 Å². The van der Waals surface area contributed by atoms with E-state index >= 15 is 0 Å². The molecule has 0 bridgehead atoms. The van der Waals surface area contributed by atoms with E-state index in [1.165, 1.54) is 11.0 Å². The topological polar surface area (TPSA) is 70.0 Å². The number of rotatable bonds is 3. The molecular formula is C14H14BrN3O3. The highest BCUT2D eigenvalue weighted by atomic mass is 79.9. The van der Waals surface area contributed by atoms with Crippen molar-refractivity contribution in [2.24, 2.45) is 11.8 Å². The fourth-order valence-electron chi connectivity index (χ4n) is 3.38. The van der Waals surface area contributed by atoms with Gasteiger partial charge in [0.1, 0.15) is 5.69 Å². The summed E-state index contributed by atoms with van der Waals surface area (Å²) < 4.78 is 8.39. The van der Waals surface area contributed by atoms with Crippen LogP contribution in [0.2, 0.25) is 0 Å². The maximum Gasteiger partial charge on any atom is 0.316 e. The maximum absolute atomic E-state index is 12.3. The molecule has 2 unspecified atom stereocenters. The molecule has 4 rings (SSSR count). The summed E-state index contributed by atoms with van der Waals surface area (Å²) in [6.45, 7) is 0.236. The zero-order valence-electron chi connectivity index (χ0n) is 11.2. The summed E-state index contributed by atoms with van der Waals surface area (Å²) in [5, 5.41) is 3.81. The van der Waals surface area contributed by atoms with Gasteiger partial charge >= 0.3 is 11.1 Å². The van der Waals surface area contributed by atoms with E-state index in [9.17, 15) is 9.59 Å². The van der Waals surface area contributed by atoms with Crippen LogP contribution >= 0.6 is 15.9 Å². The smallest absolute Gasteiger partial charge is 0.316 e. The van der Waals surface area contributed by atoms with Gasteiger partial charge in [-0.15, -0.1) is 0 Å². The Balaban J connectivity index is 1.63. The summed E-state index contributed by atoms with van der Waals surface area (Å²) in [5.74, 6) is 1.55. The standard InChI is InChI=1S/C14H14BrN3O3/c15-12-6-10(16-21-12)7-17-1-2-18(14(20)13(17)19)11-4-8-3-9(8)5-11/h1-2,6,8-9,11H,3-5,7H2. The molecule has 2 fully saturated rings. The molecule has 110 valence electrons. The van der Waals surface area contributed by atoms with Crippen molar-refractivity contribution in [1.82, 2.24) is 14.3 Å². The SMILES string of the molecule is O=c1c(=O)n(C2CC3CC3C2)ccn1Cc1cc(Br)on1. The molecule has 0 aliphatic heterocycles. The lowest BCUT2D eigenvalue weighted by Gasteiger charge is -2.15. The van der Waals surface area contributed by atoms with E-state index in [1.807, 2.05) is 0 Å². The monoisotopic (exact) mass is 351 g/mol. The van der Waals surface area contributed by atoms with Crippen molar-refractivity contribution in [3.8, 4) is 0 Å². The zero-order valence-corrected chi connectivity index (χ0v) is 12.8. The molecule has 0 saturated heterocycles. The minimum Gasteiger partial charge on any atom is -0.349 e. The van der Waals surface area contributed by atoms with Gasteiger partial charge < -0.3 is 13.7 Å². The lowest BCUT2D eigenvalue weighted by atomic mass is 10.1. The van der Waals surface area contributed by atoms with E-state index in [0.29, 0.717) is 10.4 Å². The number of fused-ring (bicyclic) bond motifs is 1. The molecule has 2 heterocycles. The summed E-state index contributed by atoms with van der Waals surface area (Å²) in [7, 11) is 0. The third-order valence-electron chi connectivity index (χ3n) is 4.56. The molecule has 2 aromatic rings. The first kappa shape index (κ1) is 13.1. The summed E-state index contributed by atoms with van der Waals surface area (Å²) in [6.07, 6.45) is 6.75. The Bertz CT molecular complexity index is 796. The van der Waals surface area contributed by atoms with Crippen LogP contribution in [0.4, 0.5) is 0 Å². The summed E-state index contributed by atoms with van der Waals surface area (Å²) >= 11 is 3.16. The molecular weight excluding hydrogens is 338 g/mol. The first-order valence-corrected chi connectivity index (χ1v) is 7.84. The Hall–Kier alpha value is -1.63. The quantitative estimate of drug-likeness (QED) is 0.790. The van der Waals surface area contributed by atoms with Crippen LogP contribution in [-0.4, -0.2) is 14.3 Å². The van der Waals surface area contributed by atoms with Crippen LogP contribution in [0.25, 0.3) is 0 Å². The van der Waals surface area contributed by atoms with Crippen molar-refractivity contribution in [1.29, 1.82) is 0 Å². The van der Waals surface area contributed by atoms with Crippen LogP contribution in [0.3, 0.4) is 0 Å². The second-order valence-corrected chi connectivity index (χ2v) is 6.73. The van der Waals surface area contributed by atoms with Gasteiger partial charge in [0.2, 0.25) is 4.67 Å². The molecule has 2 saturated carbocycles. The van der Waals surface area contributed by atoms with Gasteiger partial charge in [-0.05, 0) is 47.0 Å². The lowest BCUT2D eigenvalue weighted by Crippen LogP contribution is -2.42. The Morgan fingerprint density at radius 1 is 1.19 bits per heavy atom. The molecule has 2 aromatic heterocycles. The molecule has 0 spiro atoms. The second-order valence-electron chi connectivity index (χ2n) is 5.95. The molecule has 0 aromatic carbocycles. The number of aromatic nitrogens is 3. The number of nitrogens with zero attached hydrogens (tertiary/aromatic N) is 3. The second kappa shape index (κ2) is 4.69. The van der Waals surface area contributed by atoms with E-state index in [-0.39, 0.29) is 12.6 Å². The minimum absolute atomic E-state index is 0.199. The Morgan fingerprint density at radius 3 is 2.62 bits per heavy atom. The molecule has 0 amide bonds. The van der Waals surface area contributed by atoms with Gasteiger partial charge in [0.25, 0.3) is 0 Å². The van der Waals surface area contributed by atoms with Crippen molar-refractivity contribution in [3.63, 3.8) is 0 Å². The molecule has 0 N–H and O–H groups in total. The highest BCUT2D eigenvalue weighted by molar-refractivity contribution is 9.10. The lowest BCUT2D eigenvalue weighted by molar-refractivity contribution is 0.390. The first-order valence-electron chi connectivity index (χ1n) is 7.04. The van der Waals surface area contributed by atoms with Crippen LogP contribution in [0.5, 0.6) is 0 Å². The van der Waals surface area contributed by atoms with Crippen LogP contribution in [0, 0.1) is 11.8 Å². The van der Waals surface area contributed by atoms with Crippen molar-refractivity contribution in [2.45, 2.75) is 31.8 Å². The highest BCUT2D eigenvalue weighted by Crippen LogP contribution is 2.55. The molecule has 0 radical (unpaired) electrons. The predicted molar refractivity (Wildman–Crippen MR) is 78.1 cm³/mol. The van der Waals surface area contributed by atoms with Crippen molar-refractivity contribution in [3.05, 3.63) is 49.5 Å². The molecule has 2 aliphatic rings. The normalized spacial score (nSPS) is 26.8. The summed E-state index contributed by atoms with van der Waals surface area (Å²) in [6, 6.07) is 1.88. The predicted octanol–water partition coefficient (Wildman–Crippen LogP) is 1.78. The van der Waals surface area contributed by atoms with Gasteiger partial charge in [-0.2, -0.15) is 0 Å². The van der Waals surface area contributed by atoms with E-state index in [4.69, 9.17) is 4.52 Å². The number of hydrogen-bond acceptors (Lipinski definition) is 4. The molecule has 7 heteroatoms. The van der Waals surface area contributed by atoms with E-state index in [0.717, 1.165) is 24.7 Å². The Kier molecular flexibility index (Phi) is 2.92. The number of halogens is 1. The van der Waals surface area contributed by atoms with Gasteiger partial charge in [-0.1, -0.05) is 5.16 Å². The Labute approximate surface area is 128 Å². The third-order valence-corrected chi connectivity index (χ3v) is 4.93. The third kappa shape index (κ3) is 2.29. The summed E-state index contributed by atoms with van der Waals surface area (Å²) in [5.41, 5.74) is -0.341. The average Bonchev–Trinajstić information content (AvgIpc) is 2.87. The van der Waals surface area contributed by atoms with Crippen LogP contribution in [0.15, 0.2) is 37.2 Å². The minimum atomic E-state index is -0.503. The largest absolute Gasteiger partial charge is 0.349 e. The van der Waals surface area contributed by atoms with Gasteiger partial charge in [0.15, 0.2) is 0 Å². The maximum atomic E-state index is 12.3. The average molecular weight is 352 g/mol. The van der Waals surface area contributed by atoms with Crippen molar-refractivity contribution in [2.75, 3.05) is 0 Å². The summed E-state index contributed by atoms with van der Waals surface area (Å²) in [4.78, 5) is 24.5. The van der Waals surface area contributed by atoms with Crippen LogP contribution in [0.1, 0.15) is 31.0 Å². The number of hydrogen-bond donors (Lipinski definition) is 0. The van der Waals surface area contributed by atoms with E-state index in [2.05, 4.69) is 21.1 Å². The van der Waals surface area contributed by atoms with Crippen LogP contribution < -0.4 is 11.1 Å². The fraction of sp³-hybridized carbons (Fsp3) is 0.500. The van der Waals surface area contributed by atoms with Gasteiger partial charge in [0.05, 0.1) is 6.54 Å². The molecule has 2 atom stereocenters. The van der Waals surface area contributed by atoms with Crippen LogP contribution in [-0.2, 0) is 6.54 Å². The van der Waals surface area contributed by atoms with Gasteiger partial charge in [-0.3, -0.25) is 9.59 Å². The molecule has 2 aliphatic carbocycles. The van der Waals surface area contributed by atoms with Crippen molar-refractivity contribution < 1.29 is 4.52 Å².